The summed E-state index contributed by atoms with van der Waals surface area (Å²) in [5.74, 6) is 1.62. The first kappa shape index (κ1) is 17.8. The van der Waals surface area contributed by atoms with E-state index in [1.165, 1.54) is 0 Å². The summed E-state index contributed by atoms with van der Waals surface area (Å²) in [5.41, 5.74) is 1.10. The Kier molecular flexibility index (Phi) is 6.86. The Hall–Kier alpha value is -1.59. The smallest absolute Gasteiger partial charge is 0.127 e. The fourth-order valence-corrected chi connectivity index (χ4v) is 2.84. The van der Waals surface area contributed by atoms with E-state index in [9.17, 15) is 5.11 Å². The molecule has 2 N–H and O–H groups in total. The average molecular weight is 335 g/mol. The predicted octanol–water partition coefficient (Wildman–Crippen LogP) is 2.84. The van der Waals surface area contributed by atoms with Gasteiger partial charge in [0.1, 0.15) is 11.5 Å². The van der Waals surface area contributed by atoms with Gasteiger partial charge in [-0.1, -0.05) is 30.3 Å². The van der Waals surface area contributed by atoms with Crippen molar-refractivity contribution in [1.29, 1.82) is 0 Å². The van der Waals surface area contributed by atoms with Crippen molar-refractivity contribution in [2.45, 2.75) is 6.04 Å². The van der Waals surface area contributed by atoms with Crippen LogP contribution in [0.2, 0.25) is 0 Å². The van der Waals surface area contributed by atoms with Crippen molar-refractivity contribution in [2.75, 3.05) is 32.8 Å². The molecule has 0 amide bonds. The molecule has 2 aromatic carbocycles. The zero-order chi connectivity index (χ0) is 15.2. The third-order valence-electron chi connectivity index (χ3n) is 3.99. The van der Waals surface area contributed by atoms with Crippen LogP contribution in [0.1, 0.15) is 11.6 Å². The molecular weight excluding hydrogens is 312 g/mol. The molecule has 23 heavy (non-hydrogen) atoms. The zero-order valence-corrected chi connectivity index (χ0v) is 13.8. The number of halogens is 1. The van der Waals surface area contributed by atoms with E-state index in [2.05, 4.69) is 16.3 Å². The minimum Gasteiger partial charge on any atom is -0.457 e. The Balaban J connectivity index is 0.00000192. The lowest BCUT2D eigenvalue weighted by Gasteiger charge is -2.34. The highest BCUT2D eigenvalue weighted by molar-refractivity contribution is 5.85. The molecule has 0 aromatic heterocycles. The summed E-state index contributed by atoms with van der Waals surface area (Å²) >= 11 is 0. The number of benzene rings is 2. The van der Waals surface area contributed by atoms with Gasteiger partial charge in [-0.25, -0.2) is 0 Å². The van der Waals surface area contributed by atoms with Gasteiger partial charge in [0.25, 0.3) is 0 Å². The molecule has 0 spiro atoms. The highest BCUT2D eigenvalue weighted by Crippen LogP contribution is 2.27. The molecule has 1 aliphatic heterocycles. The number of hydrogen-bond donors (Lipinski definition) is 2. The molecule has 1 saturated heterocycles. The molecule has 1 atom stereocenters. The van der Waals surface area contributed by atoms with Gasteiger partial charge in [-0.05, 0) is 29.8 Å². The maximum Gasteiger partial charge on any atom is 0.127 e. The number of piperazine rings is 1. The minimum absolute atomic E-state index is 0. The number of aliphatic hydroxyl groups is 1. The van der Waals surface area contributed by atoms with E-state index >= 15 is 0 Å². The monoisotopic (exact) mass is 334 g/mol. The Labute approximate surface area is 143 Å². The number of nitrogens with zero attached hydrogens (tertiary/aromatic N) is 1. The first-order chi connectivity index (χ1) is 10.9. The summed E-state index contributed by atoms with van der Waals surface area (Å²) in [6.45, 7) is 3.96. The SMILES string of the molecule is Cl.OC[C@@H](c1cccc(Oc2ccccc2)c1)N1CCNCC1. The van der Waals surface area contributed by atoms with Gasteiger partial charge in [-0.15, -0.1) is 12.4 Å². The molecule has 124 valence electrons. The van der Waals surface area contributed by atoms with Gasteiger partial charge in [0, 0.05) is 26.2 Å². The van der Waals surface area contributed by atoms with Crippen LogP contribution in [-0.4, -0.2) is 42.8 Å². The molecular formula is C18H23ClN2O2. The second-order valence-electron chi connectivity index (χ2n) is 5.47. The number of aliphatic hydroxyl groups excluding tert-OH is 1. The van der Waals surface area contributed by atoms with Crippen LogP contribution >= 0.6 is 12.4 Å². The number of rotatable bonds is 5. The van der Waals surface area contributed by atoms with Crippen molar-refractivity contribution in [3.8, 4) is 11.5 Å². The molecule has 0 unspecified atom stereocenters. The molecule has 0 aliphatic carbocycles. The molecule has 0 bridgehead atoms. The molecule has 5 heteroatoms. The summed E-state index contributed by atoms with van der Waals surface area (Å²) in [6, 6.07) is 17.8. The average Bonchev–Trinajstić information content (AvgIpc) is 2.58. The summed E-state index contributed by atoms with van der Waals surface area (Å²) in [5, 5.41) is 13.2. The number of para-hydroxylation sites is 1. The van der Waals surface area contributed by atoms with Crippen LogP contribution in [0.15, 0.2) is 54.6 Å². The molecule has 1 aliphatic rings. The van der Waals surface area contributed by atoms with Gasteiger partial charge in [0.05, 0.1) is 12.6 Å². The van der Waals surface area contributed by atoms with E-state index in [0.29, 0.717) is 0 Å². The number of hydrogen-bond acceptors (Lipinski definition) is 4. The first-order valence-electron chi connectivity index (χ1n) is 7.75. The number of ether oxygens (including phenoxy) is 1. The van der Waals surface area contributed by atoms with Gasteiger partial charge < -0.3 is 15.2 Å². The van der Waals surface area contributed by atoms with E-state index in [0.717, 1.165) is 43.2 Å². The lowest BCUT2D eigenvalue weighted by atomic mass is 10.0. The van der Waals surface area contributed by atoms with Crippen molar-refractivity contribution < 1.29 is 9.84 Å². The minimum atomic E-state index is 0. The molecule has 2 aromatic rings. The quantitative estimate of drug-likeness (QED) is 0.882. The van der Waals surface area contributed by atoms with E-state index < -0.39 is 0 Å². The second kappa shape index (κ2) is 8.89. The summed E-state index contributed by atoms with van der Waals surface area (Å²) in [4.78, 5) is 2.32. The number of nitrogens with one attached hydrogen (secondary N) is 1. The van der Waals surface area contributed by atoms with Crippen LogP contribution in [0.25, 0.3) is 0 Å². The summed E-state index contributed by atoms with van der Waals surface area (Å²) < 4.78 is 5.89. The normalized spacial score (nSPS) is 16.4. The lowest BCUT2D eigenvalue weighted by molar-refractivity contribution is 0.110. The van der Waals surface area contributed by atoms with Crippen LogP contribution < -0.4 is 10.1 Å². The fraction of sp³-hybridized carbons (Fsp3) is 0.333. The predicted molar refractivity (Wildman–Crippen MR) is 94.5 cm³/mol. The van der Waals surface area contributed by atoms with Gasteiger partial charge in [-0.2, -0.15) is 0 Å². The third-order valence-corrected chi connectivity index (χ3v) is 3.99. The maximum absolute atomic E-state index is 9.81. The molecule has 4 nitrogen and oxygen atoms in total. The largest absolute Gasteiger partial charge is 0.457 e. The van der Waals surface area contributed by atoms with Crippen LogP contribution in [-0.2, 0) is 0 Å². The Bertz CT molecular complexity index is 589. The topological polar surface area (TPSA) is 44.7 Å². The van der Waals surface area contributed by atoms with Crippen molar-refractivity contribution in [3.63, 3.8) is 0 Å². The van der Waals surface area contributed by atoms with Crippen LogP contribution in [0.5, 0.6) is 11.5 Å². The van der Waals surface area contributed by atoms with Crippen molar-refractivity contribution in [3.05, 3.63) is 60.2 Å². The van der Waals surface area contributed by atoms with E-state index in [-0.39, 0.29) is 25.1 Å². The van der Waals surface area contributed by atoms with E-state index in [4.69, 9.17) is 4.74 Å². The highest BCUT2D eigenvalue weighted by atomic mass is 35.5. The van der Waals surface area contributed by atoms with Crippen molar-refractivity contribution in [1.82, 2.24) is 10.2 Å². The standard InChI is InChI=1S/C18H22N2O2.ClH/c21-14-18(20-11-9-19-10-12-20)15-5-4-8-17(13-15)22-16-6-2-1-3-7-16;/h1-8,13,18-19,21H,9-12,14H2;1H/t18-;/m0./s1. The van der Waals surface area contributed by atoms with Gasteiger partial charge in [0.15, 0.2) is 0 Å². The van der Waals surface area contributed by atoms with Gasteiger partial charge in [0.2, 0.25) is 0 Å². The summed E-state index contributed by atoms with van der Waals surface area (Å²) in [6.07, 6.45) is 0. The fourth-order valence-electron chi connectivity index (χ4n) is 2.84. The molecule has 1 heterocycles. The Morgan fingerprint density at radius 2 is 1.70 bits per heavy atom. The Morgan fingerprint density at radius 1 is 1.00 bits per heavy atom. The third kappa shape index (κ3) is 4.69. The van der Waals surface area contributed by atoms with Gasteiger partial charge >= 0.3 is 0 Å². The van der Waals surface area contributed by atoms with E-state index in [1.807, 2.05) is 48.5 Å². The second-order valence-corrected chi connectivity index (χ2v) is 5.47. The molecule has 0 radical (unpaired) electrons. The highest BCUT2D eigenvalue weighted by Gasteiger charge is 2.21. The van der Waals surface area contributed by atoms with Crippen LogP contribution in [0.4, 0.5) is 0 Å². The van der Waals surface area contributed by atoms with Gasteiger partial charge in [-0.3, -0.25) is 4.90 Å². The first-order valence-corrected chi connectivity index (χ1v) is 7.75. The van der Waals surface area contributed by atoms with Crippen LogP contribution in [0, 0.1) is 0 Å². The molecule has 0 saturated carbocycles. The molecule has 1 fully saturated rings. The maximum atomic E-state index is 9.81. The van der Waals surface area contributed by atoms with Crippen molar-refractivity contribution >= 4 is 12.4 Å². The Morgan fingerprint density at radius 3 is 2.39 bits per heavy atom. The van der Waals surface area contributed by atoms with Crippen LogP contribution in [0.3, 0.4) is 0 Å². The van der Waals surface area contributed by atoms with E-state index in [1.54, 1.807) is 0 Å². The summed E-state index contributed by atoms with van der Waals surface area (Å²) in [7, 11) is 0. The zero-order valence-electron chi connectivity index (χ0n) is 13.0. The van der Waals surface area contributed by atoms with Crippen molar-refractivity contribution in [2.24, 2.45) is 0 Å². The lowest BCUT2D eigenvalue weighted by Crippen LogP contribution is -2.46. The molecule has 3 rings (SSSR count).